The Morgan fingerprint density at radius 3 is 2.78 bits per heavy atom. The van der Waals surface area contributed by atoms with Crippen molar-refractivity contribution in [1.29, 1.82) is 0 Å². The molecule has 2 aliphatic heterocycles. The Kier molecular flexibility index (Phi) is 3.13. The molecular weight excluding hydrogens is 354 g/mol. The Morgan fingerprint density at radius 2 is 2.00 bits per heavy atom. The fourth-order valence-corrected chi connectivity index (χ4v) is 3.88. The molecule has 1 aliphatic carbocycles. The summed E-state index contributed by atoms with van der Waals surface area (Å²) in [6.45, 7) is 2.14. The van der Waals surface area contributed by atoms with Gasteiger partial charge in [-0.3, -0.25) is 0 Å². The number of nitrogens with one attached hydrogen (secondary N) is 2. The van der Waals surface area contributed by atoms with E-state index in [1.165, 1.54) is 5.57 Å². The van der Waals surface area contributed by atoms with Gasteiger partial charge in [0.25, 0.3) is 0 Å². The molecular formula is C18H18BrN3O. The van der Waals surface area contributed by atoms with Gasteiger partial charge in [0.15, 0.2) is 5.76 Å². The Hall–Kier alpha value is -1.59. The largest absolute Gasteiger partial charge is 0.452 e. The molecule has 2 fully saturated rings. The Labute approximate surface area is 143 Å². The standard InChI is InChI=1S/C18H18BrN3O/c19-12-3-4-14-13(9-12)16-17(23-14)15(10-1-2-10)21-18(22-16)11-5-7-20-8-6-11/h3-4,9,11,20H,1-2,5-8H2,(H,21,22). The van der Waals surface area contributed by atoms with E-state index in [4.69, 9.17) is 9.41 Å². The fourth-order valence-electron chi connectivity index (χ4n) is 3.52. The number of halogens is 1. The summed E-state index contributed by atoms with van der Waals surface area (Å²) >= 11 is 3.57. The summed E-state index contributed by atoms with van der Waals surface area (Å²) in [7, 11) is 0. The van der Waals surface area contributed by atoms with Gasteiger partial charge in [-0.2, -0.15) is 0 Å². The zero-order valence-corrected chi connectivity index (χ0v) is 14.4. The SMILES string of the molecule is Brc1ccc2oc3c(c2c1)NC(C1CCNCC1)=NC3=C1CC1. The molecule has 2 N–H and O–H groups in total. The van der Waals surface area contributed by atoms with E-state index >= 15 is 0 Å². The van der Waals surface area contributed by atoms with Crippen LogP contribution in [0.2, 0.25) is 0 Å². The molecule has 0 bridgehead atoms. The molecule has 1 saturated carbocycles. The maximum Gasteiger partial charge on any atom is 0.177 e. The van der Waals surface area contributed by atoms with Gasteiger partial charge in [0.1, 0.15) is 17.1 Å². The van der Waals surface area contributed by atoms with Crippen molar-refractivity contribution >= 4 is 44.1 Å². The van der Waals surface area contributed by atoms with E-state index < -0.39 is 0 Å². The highest BCUT2D eigenvalue weighted by molar-refractivity contribution is 9.10. The van der Waals surface area contributed by atoms with Gasteiger partial charge in [0, 0.05) is 15.8 Å². The van der Waals surface area contributed by atoms with Crippen LogP contribution in [0.25, 0.3) is 16.7 Å². The summed E-state index contributed by atoms with van der Waals surface area (Å²) in [6.07, 6.45) is 4.59. The lowest BCUT2D eigenvalue weighted by molar-refractivity contribution is 0.456. The lowest BCUT2D eigenvalue weighted by Crippen LogP contribution is -2.35. The zero-order chi connectivity index (χ0) is 15.4. The average Bonchev–Trinajstić information content (AvgIpc) is 3.37. The minimum absolute atomic E-state index is 0.510. The van der Waals surface area contributed by atoms with Crippen LogP contribution in [-0.2, 0) is 0 Å². The molecule has 1 aromatic heterocycles. The molecule has 0 unspecified atom stereocenters. The number of hydrogen-bond acceptors (Lipinski definition) is 4. The number of nitrogens with zero attached hydrogens (tertiary/aromatic N) is 1. The number of piperidine rings is 1. The molecule has 1 saturated heterocycles. The number of amidine groups is 1. The van der Waals surface area contributed by atoms with Gasteiger partial charge in [-0.15, -0.1) is 0 Å². The number of hydrogen-bond donors (Lipinski definition) is 2. The Morgan fingerprint density at radius 1 is 1.17 bits per heavy atom. The van der Waals surface area contributed by atoms with Crippen LogP contribution >= 0.6 is 15.9 Å². The maximum atomic E-state index is 6.13. The van der Waals surface area contributed by atoms with E-state index in [2.05, 4.69) is 32.6 Å². The number of fused-ring (bicyclic) bond motifs is 3. The van der Waals surface area contributed by atoms with Crippen molar-refractivity contribution in [2.24, 2.45) is 10.9 Å². The molecule has 4 nitrogen and oxygen atoms in total. The molecule has 0 spiro atoms. The number of anilines is 1. The molecule has 0 atom stereocenters. The topological polar surface area (TPSA) is 49.6 Å². The van der Waals surface area contributed by atoms with Crippen LogP contribution in [0, 0.1) is 5.92 Å². The van der Waals surface area contributed by atoms with Gasteiger partial charge in [-0.1, -0.05) is 15.9 Å². The van der Waals surface area contributed by atoms with E-state index in [1.54, 1.807) is 0 Å². The Bertz CT molecular complexity index is 853. The first kappa shape index (κ1) is 13.8. The van der Waals surface area contributed by atoms with E-state index in [0.29, 0.717) is 5.92 Å². The number of furan rings is 1. The molecule has 23 heavy (non-hydrogen) atoms. The summed E-state index contributed by atoms with van der Waals surface area (Å²) in [5.41, 5.74) is 4.53. The summed E-state index contributed by atoms with van der Waals surface area (Å²) in [4.78, 5) is 4.98. The smallest absolute Gasteiger partial charge is 0.177 e. The lowest BCUT2D eigenvalue weighted by atomic mass is 9.95. The third-order valence-corrected chi connectivity index (χ3v) is 5.40. The zero-order valence-electron chi connectivity index (χ0n) is 12.8. The molecule has 0 amide bonds. The van der Waals surface area contributed by atoms with E-state index in [-0.39, 0.29) is 0 Å². The number of benzene rings is 1. The van der Waals surface area contributed by atoms with Crippen LogP contribution < -0.4 is 10.6 Å². The average molecular weight is 372 g/mol. The van der Waals surface area contributed by atoms with Gasteiger partial charge < -0.3 is 15.1 Å². The van der Waals surface area contributed by atoms with Crippen molar-refractivity contribution < 1.29 is 4.42 Å². The third kappa shape index (κ3) is 2.34. The van der Waals surface area contributed by atoms with Crippen molar-refractivity contribution in [3.8, 4) is 0 Å². The maximum absolute atomic E-state index is 6.13. The number of rotatable bonds is 1. The predicted octanol–water partition coefficient (Wildman–Crippen LogP) is 4.52. The van der Waals surface area contributed by atoms with E-state index in [9.17, 15) is 0 Å². The molecule has 5 rings (SSSR count). The number of aliphatic imine (C=N–C) groups is 1. The van der Waals surface area contributed by atoms with E-state index in [0.717, 1.165) is 77.2 Å². The normalized spacial score (nSPS) is 21.2. The molecule has 118 valence electrons. The van der Waals surface area contributed by atoms with Crippen LogP contribution in [0.1, 0.15) is 31.4 Å². The molecule has 3 heterocycles. The summed E-state index contributed by atoms with van der Waals surface area (Å²) < 4.78 is 7.21. The van der Waals surface area contributed by atoms with Crippen molar-refractivity contribution in [2.75, 3.05) is 18.4 Å². The van der Waals surface area contributed by atoms with Crippen molar-refractivity contribution in [1.82, 2.24) is 5.32 Å². The molecule has 5 heteroatoms. The second kappa shape index (κ2) is 5.21. The molecule has 3 aliphatic rings. The van der Waals surface area contributed by atoms with Crippen LogP contribution in [0.15, 0.2) is 37.7 Å². The highest BCUT2D eigenvalue weighted by Gasteiger charge is 2.32. The lowest BCUT2D eigenvalue weighted by Gasteiger charge is -2.27. The van der Waals surface area contributed by atoms with Crippen molar-refractivity contribution in [3.05, 3.63) is 34.0 Å². The van der Waals surface area contributed by atoms with Gasteiger partial charge in [-0.25, -0.2) is 4.99 Å². The van der Waals surface area contributed by atoms with Gasteiger partial charge in [0.2, 0.25) is 0 Å². The second-order valence-corrected chi connectivity index (χ2v) is 7.46. The third-order valence-electron chi connectivity index (χ3n) is 4.91. The molecule has 1 aromatic carbocycles. The summed E-state index contributed by atoms with van der Waals surface area (Å²) in [6, 6.07) is 6.18. The quantitative estimate of drug-likeness (QED) is 0.774. The second-order valence-electron chi connectivity index (χ2n) is 6.55. The highest BCUT2D eigenvalue weighted by Crippen LogP contribution is 2.46. The minimum atomic E-state index is 0.510. The monoisotopic (exact) mass is 371 g/mol. The predicted molar refractivity (Wildman–Crippen MR) is 96.7 cm³/mol. The fraction of sp³-hybridized carbons (Fsp3) is 0.389. The highest BCUT2D eigenvalue weighted by atomic mass is 79.9. The van der Waals surface area contributed by atoms with E-state index in [1.807, 2.05) is 12.1 Å². The van der Waals surface area contributed by atoms with Crippen LogP contribution in [0.5, 0.6) is 0 Å². The van der Waals surface area contributed by atoms with Gasteiger partial charge in [0.05, 0.1) is 5.69 Å². The van der Waals surface area contributed by atoms with Crippen molar-refractivity contribution in [2.45, 2.75) is 25.7 Å². The summed E-state index contributed by atoms with van der Waals surface area (Å²) in [5.74, 6) is 2.55. The first-order valence-electron chi connectivity index (χ1n) is 8.30. The van der Waals surface area contributed by atoms with Crippen LogP contribution in [-0.4, -0.2) is 18.9 Å². The first-order chi connectivity index (χ1) is 11.3. The molecule has 2 aromatic rings. The van der Waals surface area contributed by atoms with Gasteiger partial charge >= 0.3 is 0 Å². The van der Waals surface area contributed by atoms with Gasteiger partial charge in [-0.05, 0) is 62.5 Å². The molecule has 0 radical (unpaired) electrons. The van der Waals surface area contributed by atoms with Crippen LogP contribution in [0.4, 0.5) is 5.69 Å². The summed E-state index contributed by atoms with van der Waals surface area (Å²) in [5, 5.41) is 8.17. The minimum Gasteiger partial charge on any atom is -0.452 e. The number of allylic oxidation sites excluding steroid dienone is 1. The Balaban J connectivity index is 1.65. The van der Waals surface area contributed by atoms with Crippen molar-refractivity contribution in [3.63, 3.8) is 0 Å². The van der Waals surface area contributed by atoms with Crippen LogP contribution in [0.3, 0.4) is 0 Å². The first-order valence-corrected chi connectivity index (χ1v) is 9.09.